The van der Waals surface area contributed by atoms with Crippen molar-refractivity contribution in [3.05, 3.63) is 45.9 Å². The van der Waals surface area contributed by atoms with Gasteiger partial charge in [0.15, 0.2) is 5.13 Å². The van der Waals surface area contributed by atoms with E-state index in [1.165, 1.54) is 43.2 Å². The lowest BCUT2D eigenvalue weighted by atomic mass is 9.91. The molecule has 1 saturated carbocycles. The quantitative estimate of drug-likeness (QED) is 0.686. The van der Waals surface area contributed by atoms with Crippen LogP contribution in [0.2, 0.25) is 4.34 Å². The topological polar surface area (TPSA) is 62.3 Å². The van der Waals surface area contributed by atoms with Crippen molar-refractivity contribution in [3.8, 4) is 0 Å². The van der Waals surface area contributed by atoms with Crippen LogP contribution < -0.4 is 5.32 Å². The third kappa shape index (κ3) is 4.23. The molecular weight excluding hydrogens is 394 g/mol. The zero-order chi connectivity index (χ0) is 19.5. The standard InChI is InChI=1S/C21H24ClN3O2S/c22-18-12-23-21(28-18)24-19(26)17(11-14-7-3-1-2-4-8-14)25-13-15-9-5-6-10-16(15)20(25)27/h5-6,9-10,12,14,17H,1-4,7-8,11,13H2,(H,23,24,26). The van der Waals surface area contributed by atoms with Gasteiger partial charge in [-0.3, -0.25) is 9.59 Å². The normalized spacial score (nSPS) is 18.6. The number of nitrogens with zero attached hydrogens (tertiary/aromatic N) is 2. The molecule has 1 aliphatic heterocycles. The molecule has 2 aromatic rings. The zero-order valence-electron chi connectivity index (χ0n) is 15.7. The molecule has 5 nitrogen and oxygen atoms in total. The highest BCUT2D eigenvalue weighted by Crippen LogP contribution is 2.32. The van der Waals surface area contributed by atoms with E-state index in [2.05, 4.69) is 10.3 Å². The summed E-state index contributed by atoms with van der Waals surface area (Å²) in [5.74, 6) is 0.243. The maximum absolute atomic E-state index is 13.2. The Balaban J connectivity index is 1.56. The van der Waals surface area contributed by atoms with E-state index in [1.807, 2.05) is 24.3 Å². The Hall–Kier alpha value is -1.92. The van der Waals surface area contributed by atoms with Crippen LogP contribution in [0.15, 0.2) is 30.5 Å². The Labute approximate surface area is 174 Å². The SMILES string of the molecule is O=C(Nc1ncc(Cl)s1)C(CC1CCCCCC1)N1Cc2ccccc2C1=O. The number of benzene rings is 1. The first kappa shape index (κ1) is 19.4. The van der Waals surface area contributed by atoms with Crippen molar-refractivity contribution < 1.29 is 9.59 Å². The lowest BCUT2D eigenvalue weighted by molar-refractivity contribution is -0.121. The largest absolute Gasteiger partial charge is 0.322 e. The fourth-order valence-corrected chi connectivity index (χ4v) is 5.14. The molecule has 0 radical (unpaired) electrons. The molecule has 2 heterocycles. The number of carbonyl (C=O) groups excluding carboxylic acids is 2. The number of aromatic nitrogens is 1. The van der Waals surface area contributed by atoms with E-state index >= 15 is 0 Å². The highest BCUT2D eigenvalue weighted by atomic mass is 35.5. The summed E-state index contributed by atoms with van der Waals surface area (Å²) in [5.41, 5.74) is 1.70. The second-order valence-electron chi connectivity index (χ2n) is 7.66. The third-order valence-corrected chi connectivity index (χ3v) is 6.80. The van der Waals surface area contributed by atoms with Crippen molar-refractivity contribution in [1.82, 2.24) is 9.88 Å². The van der Waals surface area contributed by atoms with Gasteiger partial charge in [0.1, 0.15) is 10.4 Å². The van der Waals surface area contributed by atoms with E-state index in [0.717, 1.165) is 18.4 Å². The number of thiazole rings is 1. The second-order valence-corrected chi connectivity index (χ2v) is 9.32. The molecule has 1 fully saturated rings. The van der Waals surface area contributed by atoms with E-state index in [9.17, 15) is 9.59 Å². The van der Waals surface area contributed by atoms with Crippen LogP contribution in [-0.2, 0) is 11.3 Å². The second kappa shape index (κ2) is 8.62. The highest BCUT2D eigenvalue weighted by molar-refractivity contribution is 7.19. The number of carbonyl (C=O) groups is 2. The van der Waals surface area contributed by atoms with Gasteiger partial charge in [-0.25, -0.2) is 4.98 Å². The van der Waals surface area contributed by atoms with E-state index in [1.54, 1.807) is 4.90 Å². The van der Waals surface area contributed by atoms with E-state index in [4.69, 9.17) is 11.6 Å². The first-order chi connectivity index (χ1) is 13.6. The lowest BCUT2D eigenvalue weighted by Gasteiger charge is -2.29. The van der Waals surface area contributed by atoms with Gasteiger partial charge in [-0.15, -0.1) is 0 Å². The van der Waals surface area contributed by atoms with Crippen molar-refractivity contribution >= 4 is 39.9 Å². The number of rotatable bonds is 5. The first-order valence-corrected chi connectivity index (χ1v) is 11.1. The minimum atomic E-state index is -0.495. The van der Waals surface area contributed by atoms with Crippen LogP contribution in [0.5, 0.6) is 0 Å². The van der Waals surface area contributed by atoms with Gasteiger partial charge in [-0.2, -0.15) is 0 Å². The van der Waals surface area contributed by atoms with E-state index < -0.39 is 6.04 Å². The number of fused-ring (bicyclic) bond motifs is 1. The van der Waals surface area contributed by atoms with Crippen LogP contribution in [0.25, 0.3) is 0 Å². The van der Waals surface area contributed by atoms with Crippen molar-refractivity contribution in [2.24, 2.45) is 5.92 Å². The average molecular weight is 418 g/mol. The summed E-state index contributed by atoms with van der Waals surface area (Å²) < 4.78 is 0.528. The van der Waals surface area contributed by atoms with E-state index in [0.29, 0.717) is 33.9 Å². The van der Waals surface area contributed by atoms with Gasteiger partial charge in [0.25, 0.3) is 5.91 Å². The smallest absolute Gasteiger partial charge is 0.255 e. The van der Waals surface area contributed by atoms with Gasteiger partial charge < -0.3 is 10.2 Å². The fraction of sp³-hybridized carbons (Fsp3) is 0.476. The number of anilines is 1. The predicted octanol–water partition coefficient (Wildman–Crippen LogP) is 5.12. The fourth-order valence-electron chi connectivity index (χ4n) is 4.32. The molecule has 1 aromatic carbocycles. The molecule has 1 aliphatic carbocycles. The maximum Gasteiger partial charge on any atom is 0.255 e. The van der Waals surface area contributed by atoms with Crippen molar-refractivity contribution in [2.75, 3.05) is 5.32 Å². The van der Waals surface area contributed by atoms with Gasteiger partial charge in [-0.1, -0.05) is 79.7 Å². The number of nitrogens with one attached hydrogen (secondary N) is 1. The molecule has 1 atom stereocenters. The molecule has 28 heavy (non-hydrogen) atoms. The molecular formula is C21H24ClN3O2S. The van der Waals surface area contributed by atoms with Crippen molar-refractivity contribution in [2.45, 2.75) is 57.5 Å². The molecule has 0 bridgehead atoms. The lowest BCUT2D eigenvalue weighted by Crippen LogP contribution is -2.45. The van der Waals surface area contributed by atoms with Crippen LogP contribution in [0.3, 0.4) is 0 Å². The summed E-state index contributed by atoms with van der Waals surface area (Å²) in [4.78, 5) is 32.1. The predicted molar refractivity (Wildman–Crippen MR) is 112 cm³/mol. The summed E-state index contributed by atoms with van der Waals surface area (Å²) in [5, 5.41) is 3.36. The first-order valence-electron chi connectivity index (χ1n) is 9.93. The number of amides is 2. The van der Waals surface area contributed by atoms with Crippen LogP contribution in [0.4, 0.5) is 5.13 Å². The molecule has 1 aromatic heterocycles. The van der Waals surface area contributed by atoms with Crippen LogP contribution in [-0.4, -0.2) is 27.7 Å². The summed E-state index contributed by atoms with van der Waals surface area (Å²) >= 11 is 7.18. The highest BCUT2D eigenvalue weighted by Gasteiger charge is 2.37. The van der Waals surface area contributed by atoms with Crippen LogP contribution >= 0.6 is 22.9 Å². The van der Waals surface area contributed by atoms with Gasteiger partial charge in [0.05, 0.1) is 6.20 Å². The molecule has 4 rings (SSSR count). The van der Waals surface area contributed by atoms with Gasteiger partial charge >= 0.3 is 0 Å². The summed E-state index contributed by atoms with van der Waals surface area (Å²) in [6.07, 6.45) is 9.41. The Bertz CT molecular complexity index is 861. The molecule has 1 N–H and O–H groups in total. The molecule has 1 unspecified atom stereocenters. The summed E-state index contributed by atoms with van der Waals surface area (Å²) in [6, 6.07) is 7.13. The van der Waals surface area contributed by atoms with Crippen LogP contribution in [0.1, 0.15) is 60.9 Å². The molecule has 0 saturated heterocycles. The number of halogens is 1. The molecule has 148 valence electrons. The maximum atomic E-state index is 13.2. The molecule has 2 amide bonds. The Kier molecular flexibility index (Phi) is 5.97. The minimum absolute atomic E-state index is 0.0541. The summed E-state index contributed by atoms with van der Waals surface area (Å²) in [6.45, 7) is 0.485. The summed E-state index contributed by atoms with van der Waals surface area (Å²) in [7, 11) is 0. The van der Waals surface area contributed by atoms with Crippen molar-refractivity contribution in [1.29, 1.82) is 0 Å². The Morgan fingerprint density at radius 1 is 1.25 bits per heavy atom. The van der Waals surface area contributed by atoms with Gasteiger partial charge in [0, 0.05) is 12.1 Å². The van der Waals surface area contributed by atoms with Crippen molar-refractivity contribution in [3.63, 3.8) is 0 Å². The third-order valence-electron chi connectivity index (χ3n) is 5.77. The van der Waals surface area contributed by atoms with E-state index in [-0.39, 0.29) is 11.8 Å². The number of hydrogen-bond donors (Lipinski definition) is 1. The molecule has 7 heteroatoms. The molecule has 0 spiro atoms. The zero-order valence-corrected chi connectivity index (χ0v) is 17.3. The average Bonchev–Trinajstić information content (AvgIpc) is 3.13. The molecule has 2 aliphatic rings. The Morgan fingerprint density at radius 2 is 2.00 bits per heavy atom. The monoisotopic (exact) mass is 417 g/mol. The van der Waals surface area contributed by atoms with Gasteiger partial charge in [0.2, 0.25) is 5.91 Å². The Morgan fingerprint density at radius 3 is 2.68 bits per heavy atom. The van der Waals surface area contributed by atoms with Gasteiger partial charge in [-0.05, 0) is 24.0 Å². The van der Waals surface area contributed by atoms with Crippen LogP contribution in [0, 0.1) is 5.92 Å². The minimum Gasteiger partial charge on any atom is -0.322 e. The number of hydrogen-bond acceptors (Lipinski definition) is 4.